The zero-order valence-electron chi connectivity index (χ0n) is 8.84. The number of rotatable bonds is 4. The number of anilines is 1. The van der Waals surface area contributed by atoms with E-state index in [1.165, 1.54) is 24.7 Å². The van der Waals surface area contributed by atoms with Gasteiger partial charge in [0.2, 0.25) is 0 Å². The fourth-order valence-electron chi connectivity index (χ4n) is 1.09. The van der Waals surface area contributed by atoms with Crippen LogP contribution in [-0.4, -0.2) is 19.9 Å². The van der Waals surface area contributed by atoms with Crippen molar-refractivity contribution in [2.75, 3.05) is 19.5 Å². The van der Waals surface area contributed by atoms with Crippen LogP contribution in [0.3, 0.4) is 0 Å². The summed E-state index contributed by atoms with van der Waals surface area (Å²) < 4.78 is 40.5. The summed E-state index contributed by atoms with van der Waals surface area (Å²) in [6.45, 7) is -1.41. The van der Waals surface area contributed by atoms with Crippen LogP contribution in [0.15, 0.2) is 12.1 Å². The lowest BCUT2D eigenvalue weighted by Gasteiger charge is -2.12. The summed E-state index contributed by atoms with van der Waals surface area (Å²) in [6.07, 6.45) is -4.42. The van der Waals surface area contributed by atoms with Gasteiger partial charge in [-0.25, -0.2) is 4.84 Å². The van der Waals surface area contributed by atoms with Crippen molar-refractivity contribution in [1.82, 2.24) is 0 Å². The van der Waals surface area contributed by atoms with Crippen LogP contribution in [0.5, 0.6) is 5.75 Å². The van der Waals surface area contributed by atoms with Gasteiger partial charge in [0.05, 0.1) is 12.8 Å². The third-order valence-corrected chi connectivity index (χ3v) is 2.09. The lowest BCUT2D eigenvalue weighted by molar-refractivity contribution is -0.830. The molecule has 0 fully saturated rings. The fourth-order valence-corrected chi connectivity index (χ4v) is 1.30. The topological polar surface area (TPSA) is 61.1 Å². The normalized spacial score (nSPS) is 11.6. The Labute approximate surface area is 100 Å². The number of hydrogen-bond donors (Lipinski definition) is 2. The molecule has 4 N–H and O–H groups in total. The zero-order valence-corrected chi connectivity index (χ0v) is 9.60. The second-order valence-electron chi connectivity index (χ2n) is 3.17. The number of benzene rings is 1. The van der Waals surface area contributed by atoms with Gasteiger partial charge in [-0.15, -0.1) is 0 Å². The van der Waals surface area contributed by atoms with Crippen LogP contribution in [0.2, 0.25) is 5.02 Å². The van der Waals surface area contributed by atoms with E-state index >= 15 is 0 Å². The van der Waals surface area contributed by atoms with Crippen molar-refractivity contribution in [3.05, 3.63) is 17.2 Å². The van der Waals surface area contributed by atoms with Gasteiger partial charge in [0.25, 0.3) is 0 Å². The zero-order chi connectivity index (χ0) is 13.1. The minimum absolute atomic E-state index is 0.0347. The van der Waals surface area contributed by atoms with Crippen molar-refractivity contribution in [1.29, 1.82) is 0 Å². The number of alkyl halides is 3. The summed E-state index contributed by atoms with van der Waals surface area (Å²) in [6, 6.07) is 2.59. The predicted octanol–water partition coefficient (Wildman–Crippen LogP) is 1.62. The molecule has 4 nitrogen and oxygen atoms in total. The summed E-state index contributed by atoms with van der Waals surface area (Å²) in [5.41, 5.74) is 7.19. The predicted molar refractivity (Wildman–Crippen MR) is 56.0 cm³/mol. The van der Waals surface area contributed by atoms with Crippen molar-refractivity contribution in [2.45, 2.75) is 6.18 Å². The fraction of sp³-hybridized carbons (Fsp3) is 0.333. The molecular weight excluding hydrogens is 261 g/mol. The van der Waals surface area contributed by atoms with E-state index in [0.717, 1.165) is 0 Å². The molecule has 0 spiro atoms. The molecule has 96 valence electrons. The summed E-state index contributed by atoms with van der Waals surface area (Å²) in [5.74, 6) is -0.0879. The Morgan fingerprint density at radius 1 is 1.41 bits per heavy atom. The number of hydrogen-bond acceptors (Lipinski definition) is 3. The molecule has 0 aliphatic carbocycles. The molecule has 0 aliphatic rings. The van der Waals surface area contributed by atoms with Crippen molar-refractivity contribution in [3.8, 4) is 5.75 Å². The van der Waals surface area contributed by atoms with Gasteiger partial charge in [0.15, 0.2) is 12.3 Å². The first kappa shape index (κ1) is 13.9. The van der Waals surface area contributed by atoms with Crippen LogP contribution < -0.4 is 16.0 Å². The minimum Gasteiger partial charge on any atom is -0.482 e. The minimum atomic E-state index is -4.42. The van der Waals surface area contributed by atoms with E-state index in [9.17, 15) is 13.2 Å². The van der Waals surface area contributed by atoms with E-state index in [4.69, 9.17) is 22.2 Å². The van der Waals surface area contributed by atoms with Crippen LogP contribution in [0.1, 0.15) is 0 Å². The SMILES string of the molecule is CO[NH2+]c1cc(OCC(F)(F)F)c(N)cc1Cl. The average molecular weight is 272 g/mol. The quantitative estimate of drug-likeness (QED) is 0.646. The first-order valence-corrected chi connectivity index (χ1v) is 4.86. The molecule has 0 saturated heterocycles. The van der Waals surface area contributed by atoms with Gasteiger partial charge in [-0.05, 0) is 6.07 Å². The Kier molecular flexibility index (Phi) is 4.44. The van der Waals surface area contributed by atoms with Crippen molar-refractivity contribution in [3.63, 3.8) is 0 Å². The Hall–Kier alpha value is -1.18. The first-order chi connectivity index (χ1) is 7.83. The smallest absolute Gasteiger partial charge is 0.422 e. The lowest BCUT2D eigenvalue weighted by atomic mass is 10.2. The number of nitrogen functional groups attached to an aromatic ring is 1. The highest BCUT2D eigenvalue weighted by molar-refractivity contribution is 6.33. The Bertz CT molecular complexity index is 399. The molecule has 0 aliphatic heterocycles. The number of ether oxygens (including phenoxy) is 1. The Balaban J connectivity index is 2.88. The second kappa shape index (κ2) is 5.44. The Morgan fingerprint density at radius 2 is 2.06 bits per heavy atom. The van der Waals surface area contributed by atoms with Crippen molar-refractivity contribution in [2.24, 2.45) is 0 Å². The van der Waals surface area contributed by atoms with E-state index in [1.807, 2.05) is 0 Å². The summed E-state index contributed by atoms with van der Waals surface area (Å²) >= 11 is 5.80. The van der Waals surface area contributed by atoms with E-state index in [0.29, 0.717) is 5.69 Å². The van der Waals surface area contributed by atoms with Gasteiger partial charge in [-0.1, -0.05) is 11.6 Å². The van der Waals surface area contributed by atoms with Crippen LogP contribution in [0.25, 0.3) is 0 Å². The average Bonchev–Trinajstić information content (AvgIpc) is 2.19. The van der Waals surface area contributed by atoms with Gasteiger partial charge < -0.3 is 10.5 Å². The van der Waals surface area contributed by atoms with Crippen molar-refractivity contribution >= 4 is 23.0 Å². The molecule has 1 aromatic rings. The largest absolute Gasteiger partial charge is 0.482 e. The molecule has 8 heteroatoms. The molecular formula is C9H11ClF3N2O2+. The summed E-state index contributed by atoms with van der Waals surface area (Å²) in [7, 11) is 1.39. The molecule has 1 rings (SSSR count). The van der Waals surface area contributed by atoms with Gasteiger partial charge in [0.1, 0.15) is 10.8 Å². The number of halogens is 4. The van der Waals surface area contributed by atoms with Crippen LogP contribution >= 0.6 is 11.6 Å². The maximum atomic E-state index is 12.0. The second-order valence-corrected chi connectivity index (χ2v) is 3.58. The maximum Gasteiger partial charge on any atom is 0.422 e. The van der Waals surface area contributed by atoms with E-state index < -0.39 is 12.8 Å². The molecule has 1 aromatic carbocycles. The molecule has 0 saturated carbocycles. The monoisotopic (exact) mass is 271 g/mol. The van der Waals surface area contributed by atoms with Crippen molar-refractivity contribution < 1.29 is 28.2 Å². The molecule has 0 bridgehead atoms. The summed E-state index contributed by atoms with van der Waals surface area (Å²) in [5, 5.41) is 0.267. The summed E-state index contributed by atoms with van der Waals surface area (Å²) in [4.78, 5) is 4.72. The van der Waals surface area contributed by atoms with Crippen LogP contribution in [-0.2, 0) is 4.84 Å². The lowest BCUT2D eigenvalue weighted by Crippen LogP contribution is -2.76. The van der Waals surface area contributed by atoms with Gasteiger partial charge in [-0.2, -0.15) is 18.7 Å². The maximum absolute atomic E-state index is 12.0. The third kappa shape index (κ3) is 4.29. The standard InChI is InChI=1S/C9H10ClF3N2O2/c1-16-15-7-3-8(6(14)2-5(7)10)17-4-9(11,12)13/h2-3,15H,4,14H2,1H3/p+1. The number of nitrogens with two attached hydrogens (primary N) is 2. The highest BCUT2D eigenvalue weighted by atomic mass is 35.5. The van der Waals surface area contributed by atoms with Crippen LogP contribution in [0, 0.1) is 0 Å². The highest BCUT2D eigenvalue weighted by Crippen LogP contribution is 2.31. The number of quaternary nitrogens is 1. The molecule has 0 radical (unpaired) electrons. The van der Waals surface area contributed by atoms with Crippen LogP contribution in [0.4, 0.5) is 24.5 Å². The molecule has 0 atom stereocenters. The molecule has 0 unspecified atom stereocenters. The molecule has 0 amide bonds. The van der Waals surface area contributed by atoms with E-state index in [2.05, 4.69) is 4.74 Å². The van der Waals surface area contributed by atoms with Gasteiger partial charge >= 0.3 is 6.18 Å². The highest BCUT2D eigenvalue weighted by Gasteiger charge is 2.29. The molecule has 17 heavy (non-hydrogen) atoms. The molecule has 0 aromatic heterocycles. The van der Waals surface area contributed by atoms with Gasteiger partial charge in [-0.3, -0.25) is 0 Å². The van der Waals surface area contributed by atoms with E-state index in [1.54, 1.807) is 0 Å². The van der Waals surface area contributed by atoms with Gasteiger partial charge in [0, 0.05) is 6.07 Å². The molecule has 0 heterocycles. The first-order valence-electron chi connectivity index (χ1n) is 4.48. The third-order valence-electron chi connectivity index (χ3n) is 1.77. The van der Waals surface area contributed by atoms with E-state index in [-0.39, 0.29) is 16.5 Å². The Morgan fingerprint density at radius 3 is 2.59 bits per heavy atom.